The number of anilines is 1. The first-order chi connectivity index (χ1) is 16.2. The van der Waals surface area contributed by atoms with Gasteiger partial charge < -0.3 is 18.6 Å². The number of benzene rings is 1. The molecule has 3 aromatic rings. The molecule has 4 heterocycles. The molecule has 2 saturated heterocycles. The van der Waals surface area contributed by atoms with Gasteiger partial charge in [0.1, 0.15) is 11.3 Å². The normalized spacial score (nSPS) is 20.2. The molecule has 2 fully saturated rings. The van der Waals surface area contributed by atoms with Crippen LogP contribution in [0.25, 0.3) is 11.0 Å². The second kappa shape index (κ2) is 8.80. The highest BCUT2D eigenvalue weighted by atomic mass is 32.2. The Bertz CT molecular complexity index is 1330. The van der Waals surface area contributed by atoms with E-state index in [0.29, 0.717) is 17.8 Å². The average molecular weight is 485 g/mol. The summed E-state index contributed by atoms with van der Waals surface area (Å²) in [6.07, 6.45) is 3.94. The molecule has 182 valence electrons. The quantitative estimate of drug-likeness (QED) is 0.519. The second-order valence-electron chi connectivity index (χ2n) is 9.79. The van der Waals surface area contributed by atoms with Crippen LogP contribution in [0.15, 0.2) is 33.1 Å². The van der Waals surface area contributed by atoms with Crippen molar-refractivity contribution in [2.45, 2.75) is 59.0 Å². The molecule has 2 aliphatic rings. The first-order valence-electron chi connectivity index (χ1n) is 12.1. The van der Waals surface area contributed by atoms with Gasteiger partial charge in [-0.3, -0.25) is 4.79 Å². The van der Waals surface area contributed by atoms with Gasteiger partial charge in [0.25, 0.3) is 5.91 Å². The predicted molar refractivity (Wildman–Crippen MR) is 132 cm³/mol. The molecule has 0 N–H and O–H groups in total. The zero-order chi connectivity index (χ0) is 24.0. The van der Waals surface area contributed by atoms with Crippen molar-refractivity contribution >= 4 is 32.6 Å². The maximum Gasteiger partial charge on any atom is 0.290 e. The minimum absolute atomic E-state index is 0.0319. The van der Waals surface area contributed by atoms with E-state index in [1.165, 1.54) is 6.42 Å². The number of hydrogen-bond acceptors (Lipinski definition) is 6. The highest BCUT2D eigenvalue weighted by molar-refractivity contribution is 7.91. The van der Waals surface area contributed by atoms with Crippen LogP contribution in [0.4, 0.5) is 5.88 Å². The number of carbonyl (C=O) groups excluding carboxylic acids is 1. The molecule has 7 nitrogen and oxygen atoms in total. The number of sulfone groups is 1. The molecule has 1 amide bonds. The first-order valence-corrected chi connectivity index (χ1v) is 13.9. The number of hydrogen-bond donors (Lipinski definition) is 0. The lowest BCUT2D eigenvalue weighted by molar-refractivity contribution is 0.0635. The van der Waals surface area contributed by atoms with Gasteiger partial charge in [-0.25, -0.2) is 8.42 Å². The monoisotopic (exact) mass is 484 g/mol. The Kier molecular flexibility index (Phi) is 5.96. The average Bonchev–Trinajstić information content (AvgIpc) is 3.49. The van der Waals surface area contributed by atoms with Crippen molar-refractivity contribution in [2.75, 3.05) is 29.5 Å². The van der Waals surface area contributed by atoms with E-state index in [2.05, 4.69) is 11.0 Å². The van der Waals surface area contributed by atoms with E-state index >= 15 is 0 Å². The van der Waals surface area contributed by atoms with Gasteiger partial charge in [0.2, 0.25) is 0 Å². The van der Waals surface area contributed by atoms with E-state index in [1.807, 2.05) is 39.0 Å². The van der Waals surface area contributed by atoms with Gasteiger partial charge in [-0.1, -0.05) is 6.07 Å². The molecule has 0 radical (unpaired) electrons. The van der Waals surface area contributed by atoms with Crippen molar-refractivity contribution in [3.8, 4) is 0 Å². The Morgan fingerprint density at radius 3 is 2.56 bits per heavy atom. The predicted octanol–water partition coefficient (Wildman–Crippen LogP) is 4.77. The lowest BCUT2D eigenvalue weighted by Gasteiger charge is -2.27. The van der Waals surface area contributed by atoms with E-state index in [9.17, 15) is 13.2 Å². The molecule has 0 saturated carbocycles. The van der Waals surface area contributed by atoms with Gasteiger partial charge >= 0.3 is 0 Å². The highest BCUT2D eigenvalue weighted by Gasteiger charge is 2.37. The third-order valence-electron chi connectivity index (χ3n) is 7.12. The number of fused-ring (bicyclic) bond motifs is 1. The number of amides is 1. The lowest BCUT2D eigenvalue weighted by atomic mass is 10.0. The van der Waals surface area contributed by atoms with E-state index < -0.39 is 15.9 Å². The number of rotatable bonds is 5. The van der Waals surface area contributed by atoms with Crippen LogP contribution < -0.4 is 4.90 Å². The minimum Gasteiger partial charge on any atom is -0.451 e. The SMILES string of the molecule is Cc1cc(C)c2c(C)c(C(=O)N(Cc3ccc(N4CCCCC4)o3)C3CCS(=O)(=O)C3)oc2c1. The van der Waals surface area contributed by atoms with Crippen LogP contribution in [0.2, 0.25) is 0 Å². The maximum atomic E-state index is 13.8. The number of piperidine rings is 1. The molecule has 2 aromatic heterocycles. The summed E-state index contributed by atoms with van der Waals surface area (Å²) in [5.74, 6) is 1.51. The topological polar surface area (TPSA) is 84.0 Å². The molecule has 34 heavy (non-hydrogen) atoms. The number of nitrogens with zero attached hydrogens (tertiary/aromatic N) is 2. The van der Waals surface area contributed by atoms with Gasteiger partial charge in [0, 0.05) is 36.1 Å². The largest absolute Gasteiger partial charge is 0.451 e. The summed E-state index contributed by atoms with van der Waals surface area (Å²) in [4.78, 5) is 17.7. The summed E-state index contributed by atoms with van der Waals surface area (Å²) in [6.45, 7) is 8.05. The van der Waals surface area contributed by atoms with Crippen molar-refractivity contribution < 1.29 is 22.0 Å². The Balaban J connectivity index is 1.48. The molecule has 1 atom stereocenters. The summed E-state index contributed by atoms with van der Waals surface area (Å²) in [6, 6.07) is 7.45. The molecule has 0 bridgehead atoms. The van der Waals surface area contributed by atoms with Crippen LogP contribution in [0.1, 0.15) is 58.7 Å². The molecule has 0 spiro atoms. The van der Waals surface area contributed by atoms with Crippen molar-refractivity contribution in [3.05, 3.63) is 52.5 Å². The molecule has 2 aliphatic heterocycles. The van der Waals surface area contributed by atoms with E-state index in [4.69, 9.17) is 8.83 Å². The van der Waals surface area contributed by atoms with Crippen molar-refractivity contribution in [2.24, 2.45) is 0 Å². The molecule has 8 heteroatoms. The standard InChI is InChI=1S/C26H32N2O5S/c1-17-13-18(2)24-19(3)25(33-22(24)14-17)26(29)28(20-9-12-34(30,31)16-20)15-21-7-8-23(32-21)27-10-5-4-6-11-27/h7-8,13-14,20H,4-6,9-12,15-16H2,1-3H3. The van der Waals surface area contributed by atoms with Crippen LogP contribution in [0.3, 0.4) is 0 Å². The molecular formula is C26H32N2O5S. The van der Waals surface area contributed by atoms with Crippen LogP contribution >= 0.6 is 0 Å². The summed E-state index contributed by atoms with van der Waals surface area (Å²) >= 11 is 0. The van der Waals surface area contributed by atoms with Gasteiger partial charge in [-0.2, -0.15) is 0 Å². The maximum absolute atomic E-state index is 13.8. The van der Waals surface area contributed by atoms with Crippen molar-refractivity contribution in [1.29, 1.82) is 0 Å². The Hall–Kier alpha value is -2.74. The minimum atomic E-state index is -3.17. The molecule has 0 aliphatic carbocycles. The number of aryl methyl sites for hydroxylation is 3. The Morgan fingerprint density at radius 2 is 1.85 bits per heavy atom. The van der Waals surface area contributed by atoms with E-state index in [1.54, 1.807) is 4.90 Å². The molecule has 1 aromatic carbocycles. The molecular weight excluding hydrogens is 452 g/mol. The fourth-order valence-electron chi connectivity index (χ4n) is 5.42. The fraction of sp³-hybridized carbons (Fsp3) is 0.500. The first kappa shape index (κ1) is 23.0. The lowest BCUT2D eigenvalue weighted by Crippen LogP contribution is -2.40. The summed E-state index contributed by atoms with van der Waals surface area (Å²) in [7, 11) is -3.17. The van der Waals surface area contributed by atoms with Crippen LogP contribution in [0, 0.1) is 20.8 Å². The van der Waals surface area contributed by atoms with E-state index in [0.717, 1.165) is 53.9 Å². The van der Waals surface area contributed by atoms with Crippen molar-refractivity contribution in [3.63, 3.8) is 0 Å². The van der Waals surface area contributed by atoms with Crippen LogP contribution in [0.5, 0.6) is 0 Å². The van der Waals surface area contributed by atoms with Crippen molar-refractivity contribution in [1.82, 2.24) is 4.90 Å². The third-order valence-corrected chi connectivity index (χ3v) is 8.87. The fourth-order valence-corrected chi connectivity index (χ4v) is 7.15. The Morgan fingerprint density at radius 1 is 1.09 bits per heavy atom. The Labute approximate surface area is 200 Å². The van der Waals surface area contributed by atoms with E-state index in [-0.39, 0.29) is 29.7 Å². The zero-order valence-electron chi connectivity index (χ0n) is 20.1. The van der Waals surface area contributed by atoms with Crippen LogP contribution in [-0.4, -0.2) is 49.9 Å². The highest BCUT2D eigenvalue weighted by Crippen LogP contribution is 2.32. The summed E-state index contributed by atoms with van der Waals surface area (Å²) < 4.78 is 36.7. The number of furan rings is 2. The second-order valence-corrected chi connectivity index (χ2v) is 12.0. The van der Waals surface area contributed by atoms with Crippen LogP contribution in [-0.2, 0) is 16.4 Å². The zero-order valence-corrected chi connectivity index (χ0v) is 20.9. The van der Waals surface area contributed by atoms with Gasteiger partial charge in [0.05, 0.1) is 18.1 Å². The third kappa shape index (κ3) is 4.35. The number of carbonyl (C=O) groups is 1. The molecule has 5 rings (SSSR count). The summed E-state index contributed by atoms with van der Waals surface area (Å²) in [5, 5.41) is 0.943. The smallest absolute Gasteiger partial charge is 0.290 e. The van der Waals surface area contributed by atoms with Gasteiger partial charge in [-0.05, 0) is 69.7 Å². The molecule has 1 unspecified atom stereocenters. The van der Waals surface area contributed by atoms with Gasteiger partial charge in [-0.15, -0.1) is 0 Å². The van der Waals surface area contributed by atoms with Gasteiger partial charge in [0.15, 0.2) is 21.5 Å². The summed E-state index contributed by atoms with van der Waals surface area (Å²) in [5.41, 5.74) is 3.60.